The molecule has 0 radical (unpaired) electrons. The van der Waals surface area contributed by atoms with Crippen molar-refractivity contribution in [1.82, 2.24) is 0 Å². The van der Waals surface area contributed by atoms with Gasteiger partial charge < -0.3 is 19.9 Å². The fourth-order valence-electron chi connectivity index (χ4n) is 2.89. The van der Waals surface area contributed by atoms with E-state index < -0.39 is 36.0 Å². The first-order chi connectivity index (χ1) is 16.7. The molecule has 3 rings (SSSR count). The van der Waals surface area contributed by atoms with Crippen LogP contribution in [-0.4, -0.2) is 41.1 Å². The third-order valence-electron chi connectivity index (χ3n) is 4.52. The maximum atomic E-state index is 13.1. The summed E-state index contributed by atoms with van der Waals surface area (Å²) in [7, 11) is 0. The molecule has 0 fully saturated rings. The number of carboxylic acids is 1. The van der Waals surface area contributed by atoms with Gasteiger partial charge in [0.05, 0.1) is 21.2 Å². The zero-order valence-electron chi connectivity index (χ0n) is 17.6. The van der Waals surface area contributed by atoms with E-state index in [1.807, 2.05) is 0 Å². The van der Waals surface area contributed by atoms with E-state index in [4.69, 9.17) is 44.3 Å². The van der Waals surface area contributed by atoms with Gasteiger partial charge in [-0.3, -0.25) is 4.79 Å². The number of ether oxygens (including phenoxy) is 2. The molecule has 0 aliphatic carbocycles. The Morgan fingerprint density at radius 1 is 0.714 bits per heavy atom. The van der Waals surface area contributed by atoms with Crippen LogP contribution in [0, 0.1) is 0 Å². The molecule has 0 heterocycles. The molecule has 2 atom stereocenters. The smallest absolute Gasteiger partial charge is 0.349 e. The molecule has 11 heteroatoms. The van der Waals surface area contributed by atoms with Gasteiger partial charge in [0.2, 0.25) is 12.2 Å². The van der Waals surface area contributed by atoms with Crippen LogP contribution in [0.5, 0.6) is 0 Å². The van der Waals surface area contributed by atoms with Gasteiger partial charge in [0.1, 0.15) is 0 Å². The number of rotatable bonds is 8. The summed E-state index contributed by atoms with van der Waals surface area (Å²) in [6.45, 7) is 0. The lowest BCUT2D eigenvalue weighted by Gasteiger charge is -2.24. The highest BCUT2D eigenvalue weighted by Crippen LogP contribution is 2.22. The number of esters is 2. The van der Waals surface area contributed by atoms with Gasteiger partial charge in [0, 0.05) is 10.7 Å². The summed E-state index contributed by atoms with van der Waals surface area (Å²) >= 11 is 17.9. The van der Waals surface area contributed by atoms with E-state index in [0.717, 1.165) is 0 Å². The molecule has 35 heavy (non-hydrogen) atoms. The molecule has 8 nitrogen and oxygen atoms in total. The molecule has 2 N–H and O–H groups in total. The molecule has 0 unspecified atom stereocenters. The van der Waals surface area contributed by atoms with Gasteiger partial charge in [-0.05, 0) is 42.5 Å². The molecular weight excluding hydrogens is 521 g/mol. The van der Waals surface area contributed by atoms with Crippen molar-refractivity contribution < 1.29 is 33.8 Å². The van der Waals surface area contributed by atoms with Crippen molar-refractivity contribution in [3.63, 3.8) is 0 Å². The lowest BCUT2D eigenvalue weighted by atomic mass is 10.1. The van der Waals surface area contributed by atoms with Crippen molar-refractivity contribution >= 4 is 64.3 Å². The van der Waals surface area contributed by atoms with Crippen molar-refractivity contribution in [2.24, 2.45) is 0 Å². The SMILES string of the molecule is O=C(O[C@@H](C(=O)O)[C@@H](OC(=O)c1ccccc1Cl)C(=O)Nc1cccc(Cl)c1)c1ccccc1Cl. The summed E-state index contributed by atoms with van der Waals surface area (Å²) in [5, 5.41) is 12.5. The van der Waals surface area contributed by atoms with Crippen molar-refractivity contribution in [3.8, 4) is 0 Å². The minimum absolute atomic E-state index is 0.00497. The normalized spacial score (nSPS) is 12.2. The number of anilines is 1. The average molecular weight is 537 g/mol. The molecule has 3 aromatic carbocycles. The topological polar surface area (TPSA) is 119 Å². The van der Waals surface area contributed by atoms with E-state index in [-0.39, 0.29) is 31.9 Å². The largest absolute Gasteiger partial charge is 0.478 e. The Bertz CT molecular complexity index is 1280. The number of hydrogen-bond donors (Lipinski definition) is 2. The number of carboxylic acid groups (broad SMARTS) is 1. The zero-order chi connectivity index (χ0) is 25.5. The van der Waals surface area contributed by atoms with E-state index in [9.17, 15) is 24.3 Å². The van der Waals surface area contributed by atoms with E-state index in [2.05, 4.69) is 5.32 Å². The first-order valence-corrected chi connectivity index (χ1v) is 11.0. The quantitative estimate of drug-likeness (QED) is 0.383. The van der Waals surface area contributed by atoms with Crippen molar-refractivity contribution in [2.75, 3.05) is 5.32 Å². The number of aliphatic carboxylic acids is 1. The Kier molecular flexibility index (Phi) is 8.70. The van der Waals surface area contributed by atoms with Crippen LogP contribution in [0.15, 0.2) is 72.8 Å². The number of hydrogen-bond acceptors (Lipinski definition) is 6. The van der Waals surface area contributed by atoms with Gasteiger partial charge in [-0.1, -0.05) is 65.1 Å². The predicted octanol–water partition coefficient (Wildman–Crippen LogP) is 5.12. The second-order valence-electron chi connectivity index (χ2n) is 6.95. The summed E-state index contributed by atoms with van der Waals surface area (Å²) in [5.74, 6) is -5.09. The van der Waals surface area contributed by atoms with Crippen LogP contribution in [0.4, 0.5) is 5.69 Å². The number of halogens is 3. The number of amides is 1. The van der Waals surface area contributed by atoms with Gasteiger partial charge in [-0.15, -0.1) is 0 Å². The van der Waals surface area contributed by atoms with Crippen molar-refractivity contribution in [1.29, 1.82) is 0 Å². The summed E-state index contributed by atoms with van der Waals surface area (Å²) in [6.07, 6.45) is -4.34. The van der Waals surface area contributed by atoms with Crippen molar-refractivity contribution in [2.45, 2.75) is 12.2 Å². The van der Waals surface area contributed by atoms with E-state index in [1.54, 1.807) is 18.2 Å². The predicted molar refractivity (Wildman–Crippen MR) is 129 cm³/mol. The average Bonchev–Trinajstić information content (AvgIpc) is 2.81. The molecule has 0 aromatic heterocycles. The highest BCUT2D eigenvalue weighted by Gasteiger charge is 2.41. The zero-order valence-corrected chi connectivity index (χ0v) is 19.9. The number of carbonyl (C=O) groups excluding carboxylic acids is 3. The highest BCUT2D eigenvalue weighted by atomic mass is 35.5. The molecule has 0 saturated carbocycles. The van der Waals surface area contributed by atoms with Gasteiger partial charge >= 0.3 is 17.9 Å². The first-order valence-electron chi connectivity index (χ1n) is 9.87. The molecule has 0 aliphatic rings. The summed E-state index contributed by atoms with van der Waals surface area (Å²) < 4.78 is 10.3. The Hall–Kier alpha value is -3.59. The Morgan fingerprint density at radius 2 is 1.23 bits per heavy atom. The summed E-state index contributed by atoms with van der Waals surface area (Å²) in [4.78, 5) is 50.5. The van der Waals surface area contributed by atoms with Crippen LogP contribution in [-0.2, 0) is 19.1 Å². The lowest BCUT2D eigenvalue weighted by Crippen LogP contribution is -2.48. The Labute approximate surface area is 214 Å². The van der Waals surface area contributed by atoms with Gasteiger partial charge in [-0.2, -0.15) is 0 Å². The van der Waals surface area contributed by atoms with E-state index in [1.165, 1.54) is 54.6 Å². The maximum Gasteiger partial charge on any atom is 0.349 e. The third-order valence-corrected chi connectivity index (χ3v) is 5.42. The monoisotopic (exact) mass is 535 g/mol. The molecule has 0 saturated heterocycles. The molecule has 180 valence electrons. The molecule has 0 aliphatic heterocycles. The molecule has 1 amide bonds. The molecule has 0 spiro atoms. The molecular formula is C24H16Cl3NO7. The van der Waals surface area contributed by atoms with E-state index >= 15 is 0 Å². The second kappa shape index (κ2) is 11.7. The second-order valence-corrected chi connectivity index (χ2v) is 8.20. The minimum Gasteiger partial charge on any atom is -0.478 e. The van der Waals surface area contributed by atoms with Crippen LogP contribution < -0.4 is 5.32 Å². The van der Waals surface area contributed by atoms with Crippen LogP contribution in [0.25, 0.3) is 0 Å². The fraction of sp³-hybridized carbons (Fsp3) is 0.0833. The van der Waals surface area contributed by atoms with Gasteiger partial charge in [-0.25, -0.2) is 14.4 Å². The lowest BCUT2D eigenvalue weighted by molar-refractivity contribution is -0.157. The van der Waals surface area contributed by atoms with Crippen LogP contribution in [0.2, 0.25) is 15.1 Å². The van der Waals surface area contributed by atoms with Crippen LogP contribution in [0.1, 0.15) is 20.7 Å². The molecule has 3 aromatic rings. The van der Waals surface area contributed by atoms with Crippen LogP contribution in [0.3, 0.4) is 0 Å². The highest BCUT2D eigenvalue weighted by molar-refractivity contribution is 6.34. The number of carbonyl (C=O) groups is 4. The summed E-state index contributed by atoms with van der Waals surface area (Å²) in [6, 6.07) is 17.5. The standard InChI is InChI=1S/C24H16Cl3NO7/c25-13-6-5-7-14(12-13)28-21(29)19(34-23(32)15-8-1-3-10-17(15)26)20(22(30)31)35-24(33)16-9-2-4-11-18(16)27/h1-12,19-20H,(H,28,29)(H,30,31)/t19-,20-/m1/s1. The third kappa shape index (κ3) is 6.73. The van der Waals surface area contributed by atoms with Gasteiger partial charge in [0.25, 0.3) is 5.91 Å². The molecule has 0 bridgehead atoms. The first kappa shape index (κ1) is 26.0. The Balaban J connectivity index is 1.94. The minimum atomic E-state index is -2.23. The number of nitrogens with one attached hydrogen (secondary N) is 1. The maximum absolute atomic E-state index is 13.1. The summed E-state index contributed by atoms with van der Waals surface area (Å²) in [5.41, 5.74) is -0.0917. The van der Waals surface area contributed by atoms with Gasteiger partial charge in [0.15, 0.2) is 0 Å². The van der Waals surface area contributed by atoms with Crippen LogP contribution >= 0.6 is 34.8 Å². The fourth-order valence-corrected chi connectivity index (χ4v) is 3.50. The van der Waals surface area contributed by atoms with Crippen molar-refractivity contribution in [3.05, 3.63) is 99.0 Å². The number of benzene rings is 3. The van der Waals surface area contributed by atoms with E-state index in [0.29, 0.717) is 0 Å². The Morgan fingerprint density at radius 3 is 1.71 bits per heavy atom.